The second kappa shape index (κ2) is 37.2. The average molecular weight is 1890 g/mol. The SMILES string of the molecule is CC(C)(C)c1cc(-c2ccc(Cl)cc2)nn2cc(C(=O)N3CCN(C(=O)C4CC(C(=O)O)C4)CC3(C)C)nc12.CC1(C)C(=O)NCCN1C(=O)c1cn2nc(-c3ccc(F)cc3)cc(-c3cccnc3)c2n1.CC1(C)C(=O)NCCN1C(=O)c1cn2nc(-c3ccc(F)cc3)cc(-c3ccncc3)c2n1.CC1(C)C(=O)NCCN1C(=O)c1cn2nc(-c3ccc(F)cc3)cc(-c3ccsc3)c2n1. The maximum Gasteiger partial charge on any atom is 0.306 e. The summed E-state index contributed by atoms with van der Waals surface area (Å²) in [5, 5.41) is 40.8. The first-order valence-electron chi connectivity index (χ1n) is 44.4. The van der Waals surface area contributed by atoms with Gasteiger partial charge in [-0.2, -0.15) is 31.7 Å². The largest absolute Gasteiger partial charge is 0.481 e. The lowest BCUT2D eigenvalue weighted by atomic mass is 9.74. The monoisotopic (exact) mass is 1890 g/mol. The molecule has 1 saturated carbocycles. The van der Waals surface area contributed by atoms with E-state index in [0.717, 1.165) is 66.9 Å². The molecule has 4 N–H and O–H groups in total. The number of hydrogen-bond acceptors (Lipinski definition) is 20. The van der Waals surface area contributed by atoms with Gasteiger partial charge in [0.15, 0.2) is 22.6 Å². The molecule has 15 heterocycles. The Morgan fingerprint density at radius 2 is 0.810 bits per heavy atom. The molecular formula is C100H96ClF3N22O10S. The normalized spacial score (nSPS) is 17.1. The third-order valence-electron chi connectivity index (χ3n) is 25.3. The smallest absolute Gasteiger partial charge is 0.306 e. The molecule has 0 unspecified atom stereocenters. The Hall–Kier alpha value is -15.3. The lowest BCUT2D eigenvalue weighted by Crippen LogP contribution is -2.63. The van der Waals surface area contributed by atoms with Crippen molar-refractivity contribution in [3.63, 3.8) is 0 Å². The molecule has 4 aliphatic heterocycles. The van der Waals surface area contributed by atoms with Crippen LogP contribution in [0.5, 0.6) is 0 Å². The molecule has 20 rings (SSSR count). The van der Waals surface area contributed by atoms with E-state index >= 15 is 0 Å². The molecule has 11 aromatic heterocycles. The number of nitrogens with zero attached hydrogens (tertiary/aromatic N) is 19. The van der Waals surface area contributed by atoms with Crippen LogP contribution in [-0.2, 0) is 29.4 Å². The Morgan fingerprint density at radius 1 is 0.431 bits per heavy atom. The lowest BCUT2D eigenvalue weighted by Gasteiger charge is -2.48. The maximum absolute atomic E-state index is 13.8. The van der Waals surface area contributed by atoms with Gasteiger partial charge in [-0.25, -0.2) is 51.2 Å². The Labute approximate surface area is 793 Å². The van der Waals surface area contributed by atoms with Crippen molar-refractivity contribution in [1.82, 2.24) is 109 Å². The number of imidazole rings is 4. The van der Waals surface area contributed by atoms with Gasteiger partial charge in [0, 0.05) is 145 Å². The summed E-state index contributed by atoms with van der Waals surface area (Å²) in [5.41, 5.74) is 10.8. The molecule has 0 bridgehead atoms. The fourth-order valence-corrected chi connectivity index (χ4v) is 18.1. The Bertz CT molecular complexity index is 7010. The number of thiophene rings is 1. The summed E-state index contributed by atoms with van der Waals surface area (Å²) in [4.78, 5) is 150. The molecule has 0 atom stereocenters. The van der Waals surface area contributed by atoms with Crippen molar-refractivity contribution in [1.29, 1.82) is 0 Å². The van der Waals surface area contributed by atoms with Crippen LogP contribution in [0.3, 0.4) is 0 Å². The van der Waals surface area contributed by atoms with E-state index in [1.54, 1.807) is 172 Å². The second-order valence-corrected chi connectivity index (χ2v) is 38.4. The van der Waals surface area contributed by atoms with Crippen molar-refractivity contribution < 1.29 is 61.4 Å². The Kier molecular flexibility index (Phi) is 25.3. The van der Waals surface area contributed by atoms with E-state index in [-0.39, 0.29) is 93.1 Å². The summed E-state index contributed by atoms with van der Waals surface area (Å²) < 4.78 is 46.7. The summed E-state index contributed by atoms with van der Waals surface area (Å²) in [7, 11) is 0. The zero-order chi connectivity index (χ0) is 97.1. The number of carbonyl (C=O) groups excluding carboxylic acids is 8. The van der Waals surface area contributed by atoms with Crippen molar-refractivity contribution >= 4 is 98.8 Å². The molecule has 8 amide bonds. The molecule has 1 aliphatic carbocycles. The van der Waals surface area contributed by atoms with E-state index in [4.69, 9.17) is 26.8 Å². The van der Waals surface area contributed by atoms with Crippen LogP contribution in [0.4, 0.5) is 13.2 Å². The first kappa shape index (κ1) is 93.5. The predicted molar refractivity (Wildman–Crippen MR) is 507 cm³/mol. The minimum absolute atomic E-state index is 0.0193. The third kappa shape index (κ3) is 18.9. The molecule has 0 radical (unpaired) electrons. The van der Waals surface area contributed by atoms with Gasteiger partial charge in [-0.1, -0.05) is 50.6 Å². The molecule has 5 aliphatic rings. The number of piperazine rings is 4. The van der Waals surface area contributed by atoms with Crippen molar-refractivity contribution in [3.8, 4) is 78.4 Å². The number of hydrogen-bond donors (Lipinski definition) is 4. The number of aliphatic carboxylic acids is 1. The predicted octanol–water partition coefficient (Wildman–Crippen LogP) is 14.0. The highest BCUT2D eigenvalue weighted by Crippen LogP contribution is 2.40. The van der Waals surface area contributed by atoms with Crippen LogP contribution >= 0.6 is 22.9 Å². The van der Waals surface area contributed by atoms with Crippen LogP contribution < -0.4 is 16.0 Å². The summed E-state index contributed by atoms with van der Waals surface area (Å²) in [6.07, 6.45) is 13.9. The topological polar surface area (TPSA) is 373 Å². The van der Waals surface area contributed by atoms with Gasteiger partial charge in [0.1, 0.15) is 56.8 Å². The molecule has 5 fully saturated rings. The molecule has 15 aromatic rings. The number of benzene rings is 4. The zero-order valence-electron chi connectivity index (χ0n) is 76.7. The second-order valence-electron chi connectivity index (χ2n) is 37.2. The molecule has 137 heavy (non-hydrogen) atoms. The number of rotatable bonds is 13. The lowest BCUT2D eigenvalue weighted by molar-refractivity contribution is -0.153. The van der Waals surface area contributed by atoms with Crippen molar-refractivity contribution in [2.45, 2.75) is 117 Å². The molecule has 4 saturated heterocycles. The number of carbonyl (C=O) groups is 9. The number of pyridine rings is 2. The number of nitrogens with one attached hydrogen (secondary N) is 3. The van der Waals surface area contributed by atoms with Crippen molar-refractivity contribution in [3.05, 3.63) is 263 Å². The minimum atomic E-state index is -0.996. The van der Waals surface area contributed by atoms with Gasteiger partial charge in [0.05, 0.1) is 59.0 Å². The quantitative estimate of drug-likeness (QED) is 0.0833. The fraction of sp³-hybridized carbons (Fsp3) is 0.290. The van der Waals surface area contributed by atoms with E-state index < -0.39 is 34.0 Å². The van der Waals surface area contributed by atoms with Gasteiger partial charge in [0.2, 0.25) is 23.6 Å². The van der Waals surface area contributed by atoms with Crippen molar-refractivity contribution in [2.75, 3.05) is 58.9 Å². The molecular weight excluding hydrogens is 1790 g/mol. The number of amides is 8. The van der Waals surface area contributed by atoms with E-state index in [9.17, 15) is 56.3 Å². The first-order valence-corrected chi connectivity index (χ1v) is 45.7. The van der Waals surface area contributed by atoms with Gasteiger partial charge in [-0.15, -0.1) is 0 Å². The standard InChI is InChI=1S/C29H34ClN5O4.2C24H21FN6O2.C23H20FN5O2S/c1-28(2,3)21-14-22(17-6-8-20(30)9-7-17)32-35-15-23(31-24(21)35)26(37)34-11-10-33(16-29(34,4)5)25(36)18-12-19(13-18)27(38)39;1-24(2)23(33)27-11-12-30(24)22(32)20-14-31-21(28-20)18(15-7-9-26-10-8-15)13-19(29-31)16-3-5-17(25)6-4-16;1-24(2)23(33)27-10-11-30(24)22(32)20-14-31-21(28-20)18(16-4-3-9-26-13-16)12-19(29-31)15-5-7-17(25)8-6-15;1-23(2)22(31)25-8-9-28(23)21(30)19-12-29-20(26-19)17(15-7-10-32-13-15)11-18(27-29)14-3-5-16(24)6-4-14/h6-9,14-15,18-19H,10-13,16H2,1-5H3,(H,38,39);3-10,13-14H,11-12H2,1-2H3,(H,27,33);3-9,12-14H,10-11H2,1-2H3,(H,27,33);3-7,10-13H,8-9H2,1-2H3,(H,25,31). The van der Waals surface area contributed by atoms with Gasteiger partial charge in [-0.3, -0.25) is 53.1 Å². The minimum Gasteiger partial charge on any atom is -0.481 e. The summed E-state index contributed by atoms with van der Waals surface area (Å²) in [6.45, 7) is 24.0. The average Bonchev–Trinajstić information content (AvgIpc) is 1.65. The number of carboxylic acid groups (broad SMARTS) is 1. The molecule has 700 valence electrons. The maximum atomic E-state index is 13.8. The molecule has 32 nitrogen and oxygen atoms in total. The zero-order valence-corrected chi connectivity index (χ0v) is 78.3. The number of aromatic nitrogens is 14. The number of fused-ring (bicyclic) bond motifs is 4. The Balaban J connectivity index is 0.000000127. The van der Waals surface area contributed by atoms with Crippen LogP contribution in [0.25, 0.3) is 101 Å². The number of halogens is 4. The van der Waals surface area contributed by atoms with Gasteiger partial charge < -0.3 is 45.6 Å². The highest BCUT2D eigenvalue weighted by atomic mass is 35.5. The van der Waals surface area contributed by atoms with E-state index in [0.29, 0.717) is 122 Å². The Morgan fingerprint density at radius 3 is 1.19 bits per heavy atom. The highest BCUT2D eigenvalue weighted by molar-refractivity contribution is 7.08. The van der Waals surface area contributed by atoms with E-state index in [2.05, 4.69) is 76.9 Å². The van der Waals surface area contributed by atoms with Crippen LogP contribution in [-0.4, -0.2) is 232 Å². The van der Waals surface area contributed by atoms with Crippen molar-refractivity contribution in [2.24, 2.45) is 11.8 Å². The summed E-state index contributed by atoms with van der Waals surface area (Å²) in [5.74, 6) is -4.38. The third-order valence-corrected chi connectivity index (χ3v) is 26.3. The van der Waals surface area contributed by atoms with Crippen LogP contribution in [0, 0.1) is 29.3 Å². The molecule has 0 spiro atoms. The van der Waals surface area contributed by atoms with Crippen LogP contribution in [0.2, 0.25) is 5.02 Å². The first-order chi connectivity index (χ1) is 65.3. The van der Waals surface area contributed by atoms with Gasteiger partial charge >= 0.3 is 5.97 Å². The molecule has 37 heteroatoms. The summed E-state index contributed by atoms with van der Waals surface area (Å²) >= 11 is 7.64. The van der Waals surface area contributed by atoms with Gasteiger partial charge in [0.25, 0.3) is 23.6 Å². The van der Waals surface area contributed by atoms with Crippen LogP contribution in [0.15, 0.2) is 212 Å². The van der Waals surface area contributed by atoms with E-state index in [1.807, 2.05) is 103 Å². The highest BCUT2D eigenvalue weighted by Gasteiger charge is 2.48. The van der Waals surface area contributed by atoms with Gasteiger partial charge in [-0.05, 0) is 229 Å². The van der Waals surface area contributed by atoms with E-state index in [1.165, 1.54) is 46.2 Å². The van der Waals surface area contributed by atoms with Crippen LogP contribution in [0.1, 0.15) is 137 Å². The summed E-state index contributed by atoms with van der Waals surface area (Å²) in [6, 6.07) is 42.7. The molecule has 4 aromatic carbocycles. The number of carboxylic acids is 1. The fourth-order valence-electron chi connectivity index (χ4n) is 17.3.